The molecule has 18 heteroatoms. The van der Waals surface area contributed by atoms with Crippen molar-refractivity contribution in [1.29, 1.82) is 0 Å². The Kier molecular flexibility index (Phi) is 14.6. The molecule has 2 N–H and O–H groups in total. The zero-order chi connectivity index (χ0) is 47.1. The second-order valence-corrected chi connectivity index (χ2v) is 15.9. The van der Waals surface area contributed by atoms with Crippen LogP contribution >= 0.6 is 23.2 Å². The van der Waals surface area contributed by atoms with E-state index in [4.69, 9.17) is 42.1 Å². The van der Waals surface area contributed by atoms with Gasteiger partial charge in [-0.1, -0.05) is 83.9 Å². The van der Waals surface area contributed by atoms with E-state index in [-0.39, 0.29) is 17.8 Å². The molecule has 2 aromatic heterocycles. The van der Waals surface area contributed by atoms with Gasteiger partial charge in [0.25, 0.3) is 11.8 Å². The number of carboxylic acids is 2. The van der Waals surface area contributed by atoms with Crippen LogP contribution < -0.4 is 18.9 Å². The van der Waals surface area contributed by atoms with E-state index in [1.54, 1.807) is 85.1 Å². The summed E-state index contributed by atoms with van der Waals surface area (Å²) in [4.78, 5) is 70.5. The third-order valence-corrected chi connectivity index (χ3v) is 12.1. The van der Waals surface area contributed by atoms with Crippen LogP contribution in [-0.2, 0) is 9.59 Å². The van der Waals surface area contributed by atoms with Crippen molar-refractivity contribution < 1.29 is 48.3 Å². The molecular weight excluding hydrogens is 891 g/mol. The van der Waals surface area contributed by atoms with Gasteiger partial charge in [-0.2, -0.15) is 15.0 Å². The summed E-state index contributed by atoms with van der Waals surface area (Å²) < 4.78 is 20.7. The summed E-state index contributed by atoms with van der Waals surface area (Å²) >= 11 is 12.7. The molecule has 340 valence electrons. The van der Waals surface area contributed by atoms with Gasteiger partial charge in [0.1, 0.15) is 12.1 Å². The Morgan fingerprint density at radius 1 is 0.576 bits per heavy atom. The first-order valence-corrected chi connectivity index (χ1v) is 21.4. The van der Waals surface area contributed by atoms with Crippen LogP contribution in [-0.4, -0.2) is 104 Å². The molecule has 2 aliphatic heterocycles. The molecule has 0 aliphatic carbocycles. The smallest absolute Gasteiger partial charge is 0.326 e. The first-order valence-electron chi connectivity index (χ1n) is 20.6. The van der Waals surface area contributed by atoms with E-state index in [0.29, 0.717) is 81.4 Å². The molecule has 4 aromatic carbocycles. The Morgan fingerprint density at radius 3 is 1.44 bits per heavy atom. The first-order chi connectivity index (χ1) is 31.9. The highest BCUT2D eigenvalue weighted by molar-refractivity contribution is 6.31. The van der Waals surface area contributed by atoms with Crippen molar-refractivity contribution in [2.75, 3.05) is 28.4 Å². The predicted molar refractivity (Wildman–Crippen MR) is 243 cm³/mol. The third kappa shape index (κ3) is 9.84. The van der Waals surface area contributed by atoms with Gasteiger partial charge in [0, 0.05) is 32.9 Å². The van der Waals surface area contributed by atoms with E-state index in [1.807, 2.05) is 24.3 Å². The highest BCUT2D eigenvalue weighted by Gasteiger charge is 2.44. The Balaban J connectivity index is 0.000000196. The number of carbonyl (C=O) groups is 4. The monoisotopic (exact) mass is 934 g/mol. The summed E-state index contributed by atoms with van der Waals surface area (Å²) in [5.41, 5.74) is 4.25. The van der Waals surface area contributed by atoms with Crippen molar-refractivity contribution in [2.45, 2.75) is 49.9 Å². The lowest BCUT2D eigenvalue weighted by molar-refractivity contribution is -0.142. The van der Waals surface area contributed by atoms with Crippen LogP contribution in [0, 0.1) is 0 Å². The fraction of sp³-hybridized carbons (Fsp3) is 0.250. The zero-order valence-corrected chi connectivity index (χ0v) is 37.6. The Bertz CT molecular complexity index is 2720. The molecule has 16 nitrogen and oxygen atoms in total. The minimum Gasteiger partial charge on any atom is -0.481 e. The van der Waals surface area contributed by atoms with Crippen LogP contribution in [0.25, 0.3) is 22.5 Å². The molecular formula is C48H44Cl2N6O10. The number of ether oxygens (including phenoxy) is 4. The van der Waals surface area contributed by atoms with Crippen LogP contribution in [0.4, 0.5) is 0 Å². The molecule has 2 saturated heterocycles. The van der Waals surface area contributed by atoms with Crippen molar-refractivity contribution in [3.8, 4) is 46.2 Å². The second kappa shape index (κ2) is 20.7. The minimum atomic E-state index is -1.04. The van der Waals surface area contributed by atoms with Crippen molar-refractivity contribution in [3.63, 3.8) is 0 Å². The van der Waals surface area contributed by atoms with E-state index in [0.717, 1.165) is 16.7 Å². The second-order valence-electron chi connectivity index (χ2n) is 15.1. The number of rotatable bonds is 12. The summed E-state index contributed by atoms with van der Waals surface area (Å²) in [6, 6.07) is 27.0. The lowest BCUT2D eigenvalue weighted by Gasteiger charge is -2.29. The van der Waals surface area contributed by atoms with Crippen molar-refractivity contribution in [2.24, 2.45) is 0 Å². The average molecular weight is 936 g/mol. The number of benzene rings is 4. The van der Waals surface area contributed by atoms with Crippen LogP contribution in [0.1, 0.15) is 69.6 Å². The fourth-order valence-electron chi connectivity index (χ4n) is 8.17. The summed E-state index contributed by atoms with van der Waals surface area (Å²) in [6.45, 7) is 0. The van der Waals surface area contributed by atoms with E-state index >= 15 is 0 Å². The van der Waals surface area contributed by atoms with E-state index in [9.17, 15) is 29.4 Å². The predicted octanol–water partition coefficient (Wildman–Crippen LogP) is 8.49. The molecule has 0 radical (unpaired) electrons. The highest BCUT2D eigenvalue weighted by Crippen LogP contribution is 2.42. The number of carbonyl (C=O) groups excluding carboxylic acids is 2. The number of methoxy groups -OCH3 is 4. The molecule has 0 saturated carbocycles. The van der Waals surface area contributed by atoms with Gasteiger partial charge in [0.05, 0.1) is 52.2 Å². The maximum absolute atomic E-state index is 13.5. The van der Waals surface area contributed by atoms with Gasteiger partial charge in [0.15, 0.2) is 5.82 Å². The standard InChI is InChI=1S/2C24H22ClN3O5/c1-32-21-17(13-26-24(27-21)33-2)14-7-9-15(10-8-14)22(29)28-19(11-12-20(28)23(30)31)16-5-3-4-6-18(16)25;1-32-20-13-21(33-2)27-22(26-20)14-7-9-15(10-8-14)23(29)28-18(11-12-19(28)24(30)31)16-5-3-4-6-17(16)25/h3-10,13,19-20H,11-12H2,1-2H3,(H,30,31);3-10,13,18-19H,11-12H2,1-2H3,(H,30,31)/t19-,20+;18-,19+/m11/s1. The molecule has 66 heavy (non-hydrogen) atoms. The van der Waals surface area contributed by atoms with Crippen LogP contribution in [0.2, 0.25) is 10.0 Å². The first kappa shape index (κ1) is 46.7. The SMILES string of the molecule is COc1cc(OC)nc(-c2ccc(C(=O)N3[C@@H](c4ccccc4Cl)CC[C@H]3C(=O)O)cc2)n1.COc1ncc(-c2ccc(C(=O)N3[C@@H](c4ccccc4Cl)CC[C@H]3C(=O)O)cc2)c(OC)n1. The molecule has 2 aliphatic rings. The summed E-state index contributed by atoms with van der Waals surface area (Å²) in [7, 11) is 5.96. The largest absolute Gasteiger partial charge is 0.481 e. The van der Waals surface area contributed by atoms with E-state index < -0.39 is 36.1 Å². The normalized spacial score (nSPS) is 17.6. The minimum absolute atomic E-state index is 0.182. The van der Waals surface area contributed by atoms with Gasteiger partial charge >= 0.3 is 17.9 Å². The maximum atomic E-state index is 13.5. The Hall–Kier alpha value is -7.30. The molecule has 0 spiro atoms. The third-order valence-electron chi connectivity index (χ3n) is 11.4. The number of nitrogens with zero attached hydrogens (tertiary/aromatic N) is 6. The van der Waals surface area contributed by atoms with Crippen LogP contribution in [0.3, 0.4) is 0 Å². The summed E-state index contributed by atoms with van der Waals surface area (Å²) in [5, 5.41) is 20.5. The fourth-order valence-corrected chi connectivity index (χ4v) is 8.70. The molecule has 4 heterocycles. The summed E-state index contributed by atoms with van der Waals surface area (Å²) in [5.74, 6) is -1.40. The van der Waals surface area contributed by atoms with Crippen molar-refractivity contribution in [3.05, 3.63) is 142 Å². The van der Waals surface area contributed by atoms with Gasteiger partial charge in [-0.3, -0.25) is 9.59 Å². The van der Waals surface area contributed by atoms with Crippen LogP contribution in [0.5, 0.6) is 23.7 Å². The molecule has 0 bridgehead atoms. The number of hydrogen-bond donors (Lipinski definition) is 2. The number of aliphatic carboxylic acids is 2. The molecule has 2 fully saturated rings. The van der Waals surface area contributed by atoms with Gasteiger partial charge in [-0.25, -0.2) is 14.6 Å². The van der Waals surface area contributed by atoms with Gasteiger partial charge < -0.3 is 39.0 Å². The molecule has 6 aromatic rings. The highest BCUT2D eigenvalue weighted by atomic mass is 35.5. The molecule has 4 atom stereocenters. The number of aromatic nitrogens is 4. The maximum Gasteiger partial charge on any atom is 0.326 e. The number of halogens is 2. The van der Waals surface area contributed by atoms with Crippen LogP contribution in [0.15, 0.2) is 109 Å². The Labute approximate surface area is 389 Å². The van der Waals surface area contributed by atoms with Gasteiger partial charge in [-0.05, 0) is 78.8 Å². The van der Waals surface area contributed by atoms with Gasteiger partial charge in [0.2, 0.25) is 17.6 Å². The van der Waals surface area contributed by atoms with Crippen molar-refractivity contribution in [1.82, 2.24) is 29.7 Å². The quantitative estimate of drug-likeness (QED) is 0.118. The molecule has 2 amide bonds. The number of hydrogen-bond acceptors (Lipinski definition) is 12. The van der Waals surface area contributed by atoms with Gasteiger partial charge in [-0.15, -0.1) is 0 Å². The topological polar surface area (TPSA) is 204 Å². The number of carboxylic acid groups (broad SMARTS) is 2. The molecule has 0 unspecified atom stereocenters. The number of amides is 2. The van der Waals surface area contributed by atoms with Crippen molar-refractivity contribution >= 4 is 47.0 Å². The molecule has 8 rings (SSSR count). The Morgan fingerprint density at radius 2 is 1.03 bits per heavy atom. The lowest BCUT2D eigenvalue weighted by Crippen LogP contribution is -2.41. The summed E-state index contributed by atoms with van der Waals surface area (Å²) in [6.07, 6.45) is 3.32. The lowest BCUT2D eigenvalue weighted by atomic mass is 10.0. The van der Waals surface area contributed by atoms with E-state index in [2.05, 4.69) is 19.9 Å². The number of likely N-dealkylation sites (tertiary alicyclic amines) is 2. The average Bonchev–Trinajstić information content (AvgIpc) is 4.00. The van der Waals surface area contributed by atoms with E-state index in [1.165, 1.54) is 38.2 Å². The zero-order valence-electron chi connectivity index (χ0n) is 36.1.